The van der Waals surface area contributed by atoms with Gasteiger partial charge in [0.15, 0.2) is 0 Å². The van der Waals surface area contributed by atoms with Crippen LogP contribution < -0.4 is 4.90 Å². The first kappa shape index (κ1) is 13.9. The summed E-state index contributed by atoms with van der Waals surface area (Å²) in [5, 5.41) is 10.8. The molecule has 0 aromatic heterocycles. The van der Waals surface area contributed by atoms with Crippen molar-refractivity contribution in [3.8, 4) is 0 Å². The van der Waals surface area contributed by atoms with Crippen molar-refractivity contribution >= 4 is 17.3 Å². The van der Waals surface area contributed by atoms with E-state index in [9.17, 15) is 19.3 Å². The van der Waals surface area contributed by atoms with Gasteiger partial charge < -0.3 is 9.64 Å². The molecule has 0 atom stereocenters. The molecule has 7 heteroatoms. The molecule has 1 rings (SSSR count). The lowest BCUT2D eigenvalue weighted by Gasteiger charge is -2.18. The summed E-state index contributed by atoms with van der Waals surface area (Å²) in [7, 11) is 2.80. The number of halogens is 1. The van der Waals surface area contributed by atoms with E-state index < -0.39 is 16.7 Å². The SMILES string of the molecule is COC(=O)CCN(C)c1cc(F)ccc1[N+](=O)[O-]. The van der Waals surface area contributed by atoms with Gasteiger partial charge in [-0.3, -0.25) is 14.9 Å². The van der Waals surface area contributed by atoms with Gasteiger partial charge in [-0.15, -0.1) is 0 Å². The Hall–Kier alpha value is -2.18. The van der Waals surface area contributed by atoms with Gasteiger partial charge in [-0.05, 0) is 6.07 Å². The molecule has 0 radical (unpaired) electrons. The minimum atomic E-state index is -0.594. The lowest BCUT2D eigenvalue weighted by molar-refractivity contribution is -0.384. The van der Waals surface area contributed by atoms with E-state index in [2.05, 4.69) is 4.74 Å². The van der Waals surface area contributed by atoms with Crippen molar-refractivity contribution in [2.45, 2.75) is 6.42 Å². The lowest BCUT2D eigenvalue weighted by atomic mass is 10.2. The van der Waals surface area contributed by atoms with Crippen LogP contribution in [0.3, 0.4) is 0 Å². The number of carbonyl (C=O) groups excluding carboxylic acids is 1. The Labute approximate surface area is 103 Å². The van der Waals surface area contributed by atoms with Crippen LogP contribution in [0, 0.1) is 15.9 Å². The van der Waals surface area contributed by atoms with E-state index in [0.29, 0.717) is 0 Å². The Kier molecular flexibility index (Phi) is 4.59. The van der Waals surface area contributed by atoms with Crippen LogP contribution in [0.1, 0.15) is 6.42 Å². The molecule has 0 heterocycles. The number of carbonyl (C=O) groups is 1. The second-order valence-corrected chi connectivity index (χ2v) is 3.64. The normalized spacial score (nSPS) is 9.94. The van der Waals surface area contributed by atoms with E-state index >= 15 is 0 Å². The summed E-state index contributed by atoms with van der Waals surface area (Å²) < 4.78 is 17.6. The molecule has 98 valence electrons. The predicted molar refractivity (Wildman–Crippen MR) is 63.0 cm³/mol. The van der Waals surface area contributed by atoms with E-state index in [-0.39, 0.29) is 24.3 Å². The van der Waals surface area contributed by atoms with E-state index in [0.717, 1.165) is 18.2 Å². The zero-order chi connectivity index (χ0) is 13.7. The van der Waals surface area contributed by atoms with Crippen LogP contribution in [-0.2, 0) is 9.53 Å². The third-order valence-electron chi connectivity index (χ3n) is 2.42. The fourth-order valence-electron chi connectivity index (χ4n) is 1.44. The quantitative estimate of drug-likeness (QED) is 0.455. The molecule has 0 saturated heterocycles. The highest BCUT2D eigenvalue weighted by molar-refractivity contribution is 5.70. The number of rotatable bonds is 5. The summed E-state index contributed by atoms with van der Waals surface area (Å²) >= 11 is 0. The van der Waals surface area contributed by atoms with Crippen molar-refractivity contribution in [1.29, 1.82) is 0 Å². The molecular weight excluding hydrogens is 243 g/mol. The molecule has 0 aliphatic heterocycles. The minimum Gasteiger partial charge on any atom is -0.469 e. The summed E-state index contributed by atoms with van der Waals surface area (Å²) in [6.45, 7) is 0.205. The van der Waals surface area contributed by atoms with Crippen molar-refractivity contribution in [2.24, 2.45) is 0 Å². The standard InChI is InChI=1S/C11H13FN2O4/c1-13(6-5-11(15)18-2)10-7-8(12)3-4-9(10)14(16)17/h3-4,7H,5-6H2,1-2H3. The Balaban J connectivity index is 2.89. The van der Waals surface area contributed by atoms with Crippen LogP contribution in [0.4, 0.5) is 15.8 Å². The zero-order valence-electron chi connectivity index (χ0n) is 10.1. The molecule has 0 N–H and O–H groups in total. The first-order valence-corrected chi connectivity index (χ1v) is 5.17. The molecule has 18 heavy (non-hydrogen) atoms. The molecule has 0 fully saturated rings. The van der Waals surface area contributed by atoms with E-state index in [1.54, 1.807) is 7.05 Å². The molecule has 0 bridgehead atoms. The number of ether oxygens (including phenoxy) is 1. The average Bonchev–Trinajstić information content (AvgIpc) is 2.34. The molecule has 0 amide bonds. The molecule has 1 aromatic rings. The Bertz CT molecular complexity index is 464. The van der Waals surface area contributed by atoms with Crippen molar-refractivity contribution < 1.29 is 18.8 Å². The van der Waals surface area contributed by atoms with Gasteiger partial charge in [0.2, 0.25) is 0 Å². The van der Waals surface area contributed by atoms with Crippen molar-refractivity contribution in [3.63, 3.8) is 0 Å². The Morgan fingerprint density at radius 3 is 2.78 bits per heavy atom. The van der Waals surface area contributed by atoms with Crippen molar-refractivity contribution in [1.82, 2.24) is 0 Å². The monoisotopic (exact) mass is 256 g/mol. The number of hydrogen-bond donors (Lipinski definition) is 0. The van der Waals surface area contributed by atoms with Crippen molar-refractivity contribution in [2.75, 3.05) is 25.6 Å². The number of hydrogen-bond acceptors (Lipinski definition) is 5. The van der Waals surface area contributed by atoms with Gasteiger partial charge in [-0.1, -0.05) is 0 Å². The van der Waals surface area contributed by atoms with E-state index in [1.165, 1.54) is 12.0 Å². The number of esters is 1. The Morgan fingerprint density at radius 2 is 2.22 bits per heavy atom. The third-order valence-corrected chi connectivity index (χ3v) is 2.42. The van der Waals surface area contributed by atoms with E-state index in [4.69, 9.17) is 0 Å². The number of nitro benzene ring substituents is 1. The minimum absolute atomic E-state index is 0.0701. The van der Waals surface area contributed by atoms with Gasteiger partial charge in [0.25, 0.3) is 5.69 Å². The number of nitro groups is 1. The van der Waals surface area contributed by atoms with Gasteiger partial charge in [0, 0.05) is 25.7 Å². The fourth-order valence-corrected chi connectivity index (χ4v) is 1.44. The molecule has 0 saturated carbocycles. The van der Waals surface area contributed by atoms with Crippen molar-refractivity contribution in [3.05, 3.63) is 34.1 Å². The molecular formula is C11H13FN2O4. The second-order valence-electron chi connectivity index (χ2n) is 3.64. The van der Waals surface area contributed by atoms with Gasteiger partial charge in [-0.2, -0.15) is 0 Å². The van der Waals surface area contributed by atoms with Gasteiger partial charge in [0.05, 0.1) is 18.5 Å². The highest BCUT2D eigenvalue weighted by Crippen LogP contribution is 2.28. The average molecular weight is 256 g/mol. The van der Waals surface area contributed by atoms with Gasteiger partial charge >= 0.3 is 5.97 Å². The summed E-state index contributed by atoms with van der Waals surface area (Å²) in [6.07, 6.45) is 0.0701. The summed E-state index contributed by atoms with van der Waals surface area (Å²) in [6, 6.07) is 3.19. The molecule has 0 aliphatic carbocycles. The summed E-state index contributed by atoms with van der Waals surface area (Å²) in [5.41, 5.74) is -0.0762. The fraction of sp³-hybridized carbons (Fsp3) is 0.364. The van der Waals surface area contributed by atoms with Crippen LogP contribution in [-0.4, -0.2) is 31.6 Å². The van der Waals surface area contributed by atoms with E-state index in [1.807, 2.05) is 0 Å². The predicted octanol–water partition coefficient (Wildman–Crippen LogP) is 1.73. The largest absolute Gasteiger partial charge is 0.469 e. The topological polar surface area (TPSA) is 72.7 Å². The first-order chi connectivity index (χ1) is 8.45. The second kappa shape index (κ2) is 5.95. The van der Waals surface area contributed by atoms with Crippen LogP contribution in [0.2, 0.25) is 0 Å². The number of anilines is 1. The summed E-state index contributed by atoms with van der Waals surface area (Å²) in [4.78, 5) is 22.6. The first-order valence-electron chi connectivity index (χ1n) is 5.17. The van der Waals surface area contributed by atoms with Gasteiger partial charge in [0.1, 0.15) is 11.5 Å². The molecule has 0 unspecified atom stereocenters. The molecule has 0 spiro atoms. The molecule has 6 nitrogen and oxygen atoms in total. The Morgan fingerprint density at radius 1 is 1.56 bits per heavy atom. The highest BCUT2D eigenvalue weighted by atomic mass is 19.1. The maximum absolute atomic E-state index is 13.1. The number of methoxy groups -OCH3 is 1. The molecule has 0 aliphatic rings. The maximum atomic E-state index is 13.1. The number of benzene rings is 1. The molecule has 1 aromatic carbocycles. The smallest absolute Gasteiger partial charge is 0.307 e. The lowest BCUT2D eigenvalue weighted by Crippen LogP contribution is -2.22. The van der Waals surface area contributed by atoms with Gasteiger partial charge in [-0.25, -0.2) is 4.39 Å². The van der Waals surface area contributed by atoms with Crippen LogP contribution >= 0.6 is 0 Å². The highest BCUT2D eigenvalue weighted by Gasteiger charge is 2.18. The van der Waals surface area contributed by atoms with Crippen LogP contribution in [0.25, 0.3) is 0 Å². The summed E-state index contributed by atoms with van der Waals surface area (Å²) in [5.74, 6) is -0.999. The third kappa shape index (κ3) is 3.41. The zero-order valence-corrected chi connectivity index (χ0v) is 10.1. The maximum Gasteiger partial charge on any atom is 0.307 e. The van der Waals surface area contributed by atoms with Crippen LogP contribution in [0.15, 0.2) is 18.2 Å². The number of nitrogens with zero attached hydrogens (tertiary/aromatic N) is 2. The van der Waals surface area contributed by atoms with Crippen LogP contribution in [0.5, 0.6) is 0 Å².